The second-order valence-electron chi connectivity index (χ2n) is 5.20. The standard InChI is InChI=1S/C15H21FN2O/c16-13-5-1-3-11(9-13)7-8-18-15(19)14-6-2-4-12(14)10-17/h1,3,5,9,12,14H,2,4,6-8,10,17H2,(H,18,19). The number of halogens is 1. The maximum atomic E-state index is 13.0. The monoisotopic (exact) mass is 264 g/mol. The van der Waals surface area contributed by atoms with Gasteiger partial charge in [0.2, 0.25) is 5.91 Å². The highest BCUT2D eigenvalue weighted by atomic mass is 19.1. The van der Waals surface area contributed by atoms with Gasteiger partial charge in [0, 0.05) is 12.5 Å². The van der Waals surface area contributed by atoms with Gasteiger partial charge in [0.25, 0.3) is 0 Å². The summed E-state index contributed by atoms with van der Waals surface area (Å²) in [5, 5.41) is 2.94. The first-order valence-electron chi connectivity index (χ1n) is 6.93. The van der Waals surface area contributed by atoms with Crippen LogP contribution in [0.3, 0.4) is 0 Å². The number of benzene rings is 1. The van der Waals surface area contributed by atoms with Crippen molar-refractivity contribution in [2.75, 3.05) is 13.1 Å². The van der Waals surface area contributed by atoms with Crippen LogP contribution in [-0.4, -0.2) is 19.0 Å². The molecule has 104 valence electrons. The molecule has 2 unspecified atom stereocenters. The molecule has 3 nitrogen and oxygen atoms in total. The molecule has 1 saturated carbocycles. The van der Waals surface area contributed by atoms with Crippen molar-refractivity contribution in [1.82, 2.24) is 5.32 Å². The second-order valence-corrected chi connectivity index (χ2v) is 5.20. The van der Waals surface area contributed by atoms with Gasteiger partial charge in [-0.15, -0.1) is 0 Å². The Bertz CT molecular complexity index is 436. The molecular formula is C15H21FN2O. The molecule has 1 fully saturated rings. The summed E-state index contributed by atoms with van der Waals surface area (Å²) in [6.45, 7) is 1.14. The molecule has 0 bridgehead atoms. The molecule has 1 aromatic rings. The van der Waals surface area contributed by atoms with Crippen LogP contribution in [-0.2, 0) is 11.2 Å². The number of hydrogen-bond donors (Lipinski definition) is 2. The molecule has 0 aromatic heterocycles. The number of rotatable bonds is 5. The average molecular weight is 264 g/mol. The molecule has 0 radical (unpaired) electrons. The summed E-state index contributed by atoms with van der Waals surface area (Å²) in [6, 6.07) is 6.48. The van der Waals surface area contributed by atoms with E-state index in [1.54, 1.807) is 6.07 Å². The van der Waals surface area contributed by atoms with Crippen molar-refractivity contribution in [3.8, 4) is 0 Å². The Morgan fingerprint density at radius 1 is 1.42 bits per heavy atom. The van der Waals surface area contributed by atoms with E-state index in [1.807, 2.05) is 6.07 Å². The maximum Gasteiger partial charge on any atom is 0.223 e. The summed E-state index contributed by atoms with van der Waals surface area (Å²) in [4.78, 5) is 12.0. The van der Waals surface area contributed by atoms with E-state index < -0.39 is 0 Å². The molecule has 0 spiro atoms. The van der Waals surface area contributed by atoms with E-state index in [-0.39, 0.29) is 17.6 Å². The van der Waals surface area contributed by atoms with Crippen molar-refractivity contribution >= 4 is 5.91 Å². The van der Waals surface area contributed by atoms with Crippen LogP contribution in [0.5, 0.6) is 0 Å². The van der Waals surface area contributed by atoms with E-state index in [4.69, 9.17) is 5.73 Å². The molecule has 2 rings (SSSR count). The molecule has 1 aromatic carbocycles. The van der Waals surface area contributed by atoms with Crippen molar-refractivity contribution in [3.63, 3.8) is 0 Å². The van der Waals surface area contributed by atoms with Crippen LogP contribution >= 0.6 is 0 Å². The smallest absolute Gasteiger partial charge is 0.223 e. The fraction of sp³-hybridized carbons (Fsp3) is 0.533. The quantitative estimate of drug-likeness (QED) is 0.853. The fourth-order valence-electron chi connectivity index (χ4n) is 2.82. The Balaban J connectivity index is 1.78. The highest BCUT2D eigenvalue weighted by Gasteiger charge is 2.31. The van der Waals surface area contributed by atoms with Gasteiger partial charge in [-0.2, -0.15) is 0 Å². The van der Waals surface area contributed by atoms with E-state index in [2.05, 4.69) is 5.32 Å². The number of amides is 1. The Morgan fingerprint density at radius 3 is 3.00 bits per heavy atom. The zero-order valence-electron chi connectivity index (χ0n) is 11.1. The van der Waals surface area contributed by atoms with Gasteiger partial charge in [-0.1, -0.05) is 18.6 Å². The zero-order valence-corrected chi connectivity index (χ0v) is 11.1. The van der Waals surface area contributed by atoms with Crippen LogP contribution in [0, 0.1) is 17.7 Å². The number of nitrogens with one attached hydrogen (secondary N) is 1. The van der Waals surface area contributed by atoms with Crippen LogP contribution in [0.25, 0.3) is 0 Å². The molecule has 2 atom stereocenters. The molecule has 1 aliphatic rings. The molecule has 3 N–H and O–H groups in total. The summed E-state index contributed by atoms with van der Waals surface area (Å²) >= 11 is 0. The maximum absolute atomic E-state index is 13.0. The van der Waals surface area contributed by atoms with Gasteiger partial charge in [0.05, 0.1) is 0 Å². The Kier molecular flexibility index (Phi) is 4.91. The van der Waals surface area contributed by atoms with Crippen molar-refractivity contribution in [2.24, 2.45) is 17.6 Å². The predicted octanol–water partition coefficient (Wildman–Crippen LogP) is 1.86. The van der Waals surface area contributed by atoms with Gasteiger partial charge >= 0.3 is 0 Å². The molecule has 19 heavy (non-hydrogen) atoms. The van der Waals surface area contributed by atoms with E-state index >= 15 is 0 Å². The summed E-state index contributed by atoms with van der Waals surface area (Å²) in [7, 11) is 0. The zero-order chi connectivity index (χ0) is 13.7. The third kappa shape index (κ3) is 3.77. The number of carbonyl (C=O) groups is 1. The first-order chi connectivity index (χ1) is 9.20. The first-order valence-corrected chi connectivity index (χ1v) is 6.93. The van der Waals surface area contributed by atoms with E-state index in [0.29, 0.717) is 25.4 Å². The van der Waals surface area contributed by atoms with Crippen molar-refractivity contribution in [2.45, 2.75) is 25.7 Å². The van der Waals surface area contributed by atoms with Gasteiger partial charge < -0.3 is 11.1 Å². The van der Waals surface area contributed by atoms with Gasteiger partial charge in [0.15, 0.2) is 0 Å². The second kappa shape index (κ2) is 6.66. The third-order valence-electron chi connectivity index (χ3n) is 3.90. The lowest BCUT2D eigenvalue weighted by atomic mass is 9.95. The highest BCUT2D eigenvalue weighted by Crippen LogP contribution is 2.30. The van der Waals surface area contributed by atoms with Crippen molar-refractivity contribution < 1.29 is 9.18 Å². The summed E-state index contributed by atoms with van der Waals surface area (Å²) < 4.78 is 13.0. The van der Waals surface area contributed by atoms with Gasteiger partial charge in [-0.25, -0.2) is 4.39 Å². The normalized spacial score (nSPS) is 22.4. The van der Waals surface area contributed by atoms with Gasteiger partial charge in [-0.3, -0.25) is 4.79 Å². The SMILES string of the molecule is NCC1CCCC1C(=O)NCCc1cccc(F)c1. The third-order valence-corrected chi connectivity index (χ3v) is 3.90. The number of hydrogen-bond acceptors (Lipinski definition) is 2. The molecule has 0 saturated heterocycles. The lowest BCUT2D eigenvalue weighted by Gasteiger charge is -2.17. The molecule has 0 aliphatic heterocycles. The minimum atomic E-state index is -0.234. The van der Waals surface area contributed by atoms with Crippen LogP contribution in [0.2, 0.25) is 0 Å². The number of nitrogens with two attached hydrogens (primary N) is 1. The fourth-order valence-corrected chi connectivity index (χ4v) is 2.82. The van der Waals surface area contributed by atoms with Gasteiger partial charge in [0.1, 0.15) is 5.82 Å². The molecule has 1 amide bonds. The lowest BCUT2D eigenvalue weighted by Crippen LogP contribution is -2.36. The summed E-state index contributed by atoms with van der Waals surface area (Å²) in [6.07, 6.45) is 3.74. The Labute approximate surface area is 113 Å². The largest absolute Gasteiger partial charge is 0.356 e. The average Bonchev–Trinajstić information content (AvgIpc) is 2.87. The van der Waals surface area contributed by atoms with E-state index in [1.165, 1.54) is 12.1 Å². The predicted molar refractivity (Wildman–Crippen MR) is 73.0 cm³/mol. The van der Waals surface area contributed by atoms with Crippen molar-refractivity contribution in [3.05, 3.63) is 35.6 Å². The first kappa shape index (κ1) is 14.0. The highest BCUT2D eigenvalue weighted by molar-refractivity contribution is 5.79. The van der Waals surface area contributed by atoms with Crippen LogP contribution in [0.1, 0.15) is 24.8 Å². The molecular weight excluding hydrogens is 243 g/mol. The van der Waals surface area contributed by atoms with E-state index in [0.717, 1.165) is 24.8 Å². The molecule has 1 aliphatic carbocycles. The molecule has 0 heterocycles. The lowest BCUT2D eigenvalue weighted by molar-refractivity contribution is -0.125. The Hall–Kier alpha value is -1.42. The van der Waals surface area contributed by atoms with E-state index in [9.17, 15) is 9.18 Å². The van der Waals surface area contributed by atoms with Crippen LogP contribution in [0.15, 0.2) is 24.3 Å². The van der Waals surface area contributed by atoms with Crippen molar-refractivity contribution in [1.29, 1.82) is 0 Å². The molecule has 4 heteroatoms. The van der Waals surface area contributed by atoms with Crippen LogP contribution < -0.4 is 11.1 Å². The summed E-state index contributed by atoms with van der Waals surface area (Å²) in [5.41, 5.74) is 6.58. The minimum absolute atomic E-state index is 0.0671. The summed E-state index contributed by atoms with van der Waals surface area (Å²) in [5.74, 6) is 0.263. The minimum Gasteiger partial charge on any atom is -0.356 e. The van der Waals surface area contributed by atoms with Gasteiger partial charge in [-0.05, 0) is 49.4 Å². The van der Waals surface area contributed by atoms with Crippen LogP contribution in [0.4, 0.5) is 4.39 Å². The Morgan fingerprint density at radius 2 is 2.26 bits per heavy atom. The number of carbonyl (C=O) groups excluding carboxylic acids is 1. The topological polar surface area (TPSA) is 55.1 Å².